The van der Waals surface area contributed by atoms with Crippen LogP contribution < -0.4 is 15.0 Å². The molecule has 0 radical (unpaired) electrons. The van der Waals surface area contributed by atoms with Crippen molar-refractivity contribution in [2.75, 3.05) is 38.1 Å². The Hall–Kier alpha value is -2.24. The van der Waals surface area contributed by atoms with E-state index in [1.807, 2.05) is 36.2 Å². The van der Waals surface area contributed by atoms with E-state index in [0.717, 1.165) is 56.8 Å². The van der Waals surface area contributed by atoms with Gasteiger partial charge in [-0.1, -0.05) is 18.6 Å². The number of carbonyl (C=O) groups is 2. The first kappa shape index (κ1) is 18.1. The number of likely N-dealkylation sites (tertiary alicyclic amines) is 1. The van der Waals surface area contributed by atoms with Crippen molar-refractivity contribution >= 4 is 17.5 Å². The summed E-state index contributed by atoms with van der Waals surface area (Å²) in [5, 5.41) is 3.10. The van der Waals surface area contributed by atoms with Gasteiger partial charge >= 0.3 is 0 Å². The van der Waals surface area contributed by atoms with Crippen molar-refractivity contribution < 1.29 is 14.3 Å². The number of carbonyl (C=O) groups excluding carboxylic acids is 2. The van der Waals surface area contributed by atoms with Gasteiger partial charge in [-0.05, 0) is 43.7 Å². The van der Waals surface area contributed by atoms with Crippen LogP contribution in [0.25, 0.3) is 0 Å². The molecule has 0 bridgehead atoms. The standard InChI is InChI=1S/C21H29N3O3/c1-23-14-19(27-18-8-3-2-7-17(18)23)21(26)24-11-9-15(10-12-24)13-22-20(25)16-5-4-6-16/h2-3,7-8,15-16,19H,4-6,9-14H2,1H3,(H,22,25). The monoisotopic (exact) mass is 371 g/mol. The summed E-state index contributed by atoms with van der Waals surface area (Å²) in [4.78, 5) is 28.9. The Morgan fingerprint density at radius 2 is 1.89 bits per heavy atom. The molecule has 1 saturated heterocycles. The van der Waals surface area contributed by atoms with Crippen LogP contribution in [0.3, 0.4) is 0 Å². The summed E-state index contributed by atoms with van der Waals surface area (Å²) < 4.78 is 5.98. The minimum absolute atomic E-state index is 0.0771. The first-order valence-electron chi connectivity index (χ1n) is 10.1. The molecule has 1 atom stereocenters. The second kappa shape index (κ2) is 7.79. The number of hydrogen-bond donors (Lipinski definition) is 1. The highest BCUT2D eigenvalue weighted by Crippen LogP contribution is 2.32. The molecule has 2 heterocycles. The highest BCUT2D eigenvalue weighted by atomic mass is 16.5. The molecule has 0 spiro atoms. The number of benzene rings is 1. The highest BCUT2D eigenvalue weighted by molar-refractivity contribution is 5.83. The maximum atomic E-state index is 12.9. The van der Waals surface area contributed by atoms with Crippen molar-refractivity contribution in [3.05, 3.63) is 24.3 Å². The Balaban J connectivity index is 1.26. The van der Waals surface area contributed by atoms with Crippen molar-refractivity contribution in [1.82, 2.24) is 10.2 Å². The van der Waals surface area contributed by atoms with Gasteiger partial charge in [-0.15, -0.1) is 0 Å². The van der Waals surface area contributed by atoms with E-state index >= 15 is 0 Å². The van der Waals surface area contributed by atoms with Gasteiger partial charge in [0.2, 0.25) is 5.91 Å². The van der Waals surface area contributed by atoms with Crippen LogP contribution in [-0.4, -0.2) is 56.0 Å². The third-order valence-electron chi connectivity index (χ3n) is 6.23. The smallest absolute Gasteiger partial charge is 0.265 e. The van der Waals surface area contributed by atoms with Gasteiger partial charge in [0.15, 0.2) is 6.10 Å². The van der Waals surface area contributed by atoms with Gasteiger partial charge in [0, 0.05) is 32.6 Å². The molecule has 1 saturated carbocycles. The van der Waals surface area contributed by atoms with E-state index in [2.05, 4.69) is 10.2 Å². The van der Waals surface area contributed by atoms with Crippen molar-refractivity contribution in [3.63, 3.8) is 0 Å². The van der Waals surface area contributed by atoms with Gasteiger partial charge in [-0.3, -0.25) is 9.59 Å². The van der Waals surface area contributed by atoms with E-state index in [0.29, 0.717) is 12.5 Å². The van der Waals surface area contributed by atoms with Crippen LogP contribution in [0.15, 0.2) is 24.3 Å². The SMILES string of the molecule is CN1CC(C(=O)N2CCC(CNC(=O)C3CCC3)CC2)Oc2ccccc21. The van der Waals surface area contributed by atoms with Crippen molar-refractivity contribution in [2.24, 2.45) is 11.8 Å². The minimum atomic E-state index is -0.445. The maximum Gasteiger partial charge on any atom is 0.265 e. The number of likely N-dealkylation sites (N-methyl/N-ethyl adjacent to an activating group) is 1. The molecule has 4 rings (SSSR count). The average molecular weight is 371 g/mol. The van der Waals surface area contributed by atoms with Gasteiger partial charge in [0.05, 0.1) is 12.2 Å². The quantitative estimate of drug-likeness (QED) is 0.880. The fourth-order valence-corrected chi connectivity index (χ4v) is 4.16. The zero-order valence-electron chi connectivity index (χ0n) is 16.0. The normalized spacial score (nSPS) is 23.2. The summed E-state index contributed by atoms with van der Waals surface area (Å²) in [6.45, 7) is 2.81. The van der Waals surface area contributed by atoms with Gasteiger partial charge < -0.3 is 19.9 Å². The van der Waals surface area contributed by atoms with Crippen LogP contribution in [0.2, 0.25) is 0 Å². The van der Waals surface area contributed by atoms with Crippen LogP contribution in [0.1, 0.15) is 32.1 Å². The highest BCUT2D eigenvalue weighted by Gasteiger charge is 2.34. The molecule has 6 heteroatoms. The number of amides is 2. The molecular weight excluding hydrogens is 342 g/mol. The number of para-hydroxylation sites is 2. The van der Waals surface area contributed by atoms with Gasteiger partial charge in [-0.25, -0.2) is 0 Å². The van der Waals surface area contributed by atoms with Crippen LogP contribution in [0.5, 0.6) is 5.75 Å². The third kappa shape index (κ3) is 3.89. The number of piperidine rings is 1. The van der Waals surface area contributed by atoms with E-state index in [-0.39, 0.29) is 17.7 Å². The lowest BCUT2D eigenvalue weighted by Gasteiger charge is -2.38. The van der Waals surface area contributed by atoms with Gasteiger partial charge in [-0.2, -0.15) is 0 Å². The first-order valence-corrected chi connectivity index (χ1v) is 10.1. The molecular formula is C21H29N3O3. The number of nitrogens with zero attached hydrogens (tertiary/aromatic N) is 2. The molecule has 146 valence electrons. The molecule has 2 amide bonds. The van der Waals surface area contributed by atoms with Gasteiger partial charge in [0.25, 0.3) is 5.91 Å². The number of rotatable bonds is 4. The summed E-state index contributed by atoms with van der Waals surface area (Å²) in [6, 6.07) is 7.85. The third-order valence-corrected chi connectivity index (χ3v) is 6.23. The summed E-state index contributed by atoms with van der Waals surface area (Å²) in [7, 11) is 2.00. The largest absolute Gasteiger partial charge is 0.477 e. The Kier molecular flexibility index (Phi) is 5.23. The molecule has 0 aromatic heterocycles. The Morgan fingerprint density at radius 3 is 2.59 bits per heavy atom. The van der Waals surface area contributed by atoms with E-state index in [1.165, 1.54) is 6.42 Å². The lowest BCUT2D eigenvalue weighted by Crippen LogP contribution is -2.52. The van der Waals surface area contributed by atoms with E-state index in [1.54, 1.807) is 0 Å². The van der Waals surface area contributed by atoms with E-state index in [4.69, 9.17) is 4.74 Å². The molecule has 27 heavy (non-hydrogen) atoms. The van der Waals surface area contributed by atoms with Crippen molar-refractivity contribution in [3.8, 4) is 5.75 Å². The molecule has 6 nitrogen and oxygen atoms in total. The molecule has 1 aromatic carbocycles. The number of nitrogens with one attached hydrogen (secondary N) is 1. The molecule has 1 N–H and O–H groups in total. The van der Waals surface area contributed by atoms with Crippen LogP contribution in [0, 0.1) is 11.8 Å². The predicted molar refractivity (Wildman–Crippen MR) is 104 cm³/mol. The fraction of sp³-hybridized carbons (Fsp3) is 0.619. The first-order chi connectivity index (χ1) is 13.1. The summed E-state index contributed by atoms with van der Waals surface area (Å²) in [5.74, 6) is 1.78. The summed E-state index contributed by atoms with van der Waals surface area (Å²) in [6.07, 6.45) is 4.70. The molecule has 2 aliphatic heterocycles. The van der Waals surface area contributed by atoms with Crippen molar-refractivity contribution in [1.29, 1.82) is 0 Å². The zero-order valence-corrected chi connectivity index (χ0v) is 16.0. The minimum Gasteiger partial charge on any atom is -0.477 e. The molecule has 3 aliphatic rings. The Morgan fingerprint density at radius 1 is 1.15 bits per heavy atom. The lowest BCUT2D eigenvalue weighted by atomic mass is 9.84. The average Bonchev–Trinajstić information content (AvgIpc) is 2.65. The van der Waals surface area contributed by atoms with Crippen molar-refractivity contribution in [2.45, 2.75) is 38.2 Å². The number of hydrogen-bond acceptors (Lipinski definition) is 4. The predicted octanol–water partition coefficient (Wildman–Crippen LogP) is 2.04. The molecule has 2 fully saturated rings. The number of ether oxygens (including phenoxy) is 1. The Bertz CT molecular complexity index is 696. The summed E-state index contributed by atoms with van der Waals surface area (Å²) in [5.41, 5.74) is 1.03. The second-order valence-electron chi connectivity index (χ2n) is 8.10. The van der Waals surface area contributed by atoms with Crippen LogP contribution >= 0.6 is 0 Å². The second-order valence-corrected chi connectivity index (χ2v) is 8.10. The maximum absolute atomic E-state index is 12.9. The molecule has 1 aliphatic carbocycles. The molecule has 1 aromatic rings. The van der Waals surface area contributed by atoms with Gasteiger partial charge in [0.1, 0.15) is 5.75 Å². The molecule has 1 unspecified atom stereocenters. The zero-order chi connectivity index (χ0) is 18.8. The number of anilines is 1. The van der Waals surface area contributed by atoms with E-state index < -0.39 is 6.10 Å². The fourth-order valence-electron chi connectivity index (χ4n) is 4.16. The number of fused-ring (bicyclic) bond motifs is 1. The topological polar surface area (TPSA) is 61.9 Å². The Labute approximate surface area is 160 Å². The van der Waals surface area contributed by atoms with E-state index in [9.17, 15) is 9.59 Å². The summed E-state index contributed by atoms with van der Waals surface area (Å²) >= 11 is 0. The van der Waals surface area contributed by atoms with Crippen LogP contribution in [-0.2, 0) is 9.59 Å². The van der Waals surface area contributed by atoms with Crippen LogP contribution in [0.4, 0.5) is 5.69 Å². The lowest BCUT2D eigenvalue weighted by molar-refractivity contribution is -0.140.